The maximum atomic E-state index is 12.2. The number of carbonyl (C=O) groups is 2. The van der Waals surface area contributed by atoms with E-state index in [9.17, 15) is 9.59 Å². The molecule has 0 atom stereocenters. The quantitative estimate of drug-likeness (QED) is 0.631. The number of rotatable bonds is 3. The van der Waals surface area contributed by atoms with Crippen LogP contribution < -0.4 is 15.5 Å². The highest BCUT2D eigenvalue weighted by Crippen LogP contribution is 2.13. The lowest BCUT2D eigenvalue weighted by Gasteiger charge is -2.03. The first-order valence-electron chi connectivity index (χ1n) is 6.64. The van der Waals surface area contributed by atoms with Crippen LogP contribution in [0.5, 0.6) is 5.75 Å². The standard InChI is InChI=1S/C17H12N2O3/c1-22-12-8-6-11(7-9-12)16(20)10-15-17(21)19-14-5-3-2-4-13(14)18-15/h2-10H,1H3. The van der Waals surface area contributed by atoms with Crippen molar-refractivity contribution < 1.29 is 14.3 Å². The smallest absolute Gasteiger partial charge is 0.296 e. The maximum Gasteiger partial charge on any atom is 0.296 e. The molecule has 0 fully saturated rings. The zero-order valence-electron chi connectivity index (χ0n) is 11.8. The molecule has 0 unspecified atom stereocenters. The van der Waals surface area contributed by atoms with Crippen molar-refractivity contribution in [3.8, 4) is 5.75 Å². The first-order valence-corrected chi connectivity index (χ1v) is 6.64. The molecule has 5 heteroatoms. The van der Waals surface area contributed by atoms with E-state index in [2.05, 4.69) is 9.98 Å². The number of amides is 1. The highest BCUT2D eigenvalue weighted by molar-refractivity contribution is 6.09. The number of ketones is 1. The number of hydrogen-bond donors (Lipinski definition) is 0. The number of ether oxygens (including phenoxy) is 1. The van der Waals surface area contributed by atoms with Crippen molar-refractivity contribution in [1.82, 2.24) is 0 Å². The Morgan fingerprint density at radius 2 is 1.64 bits per heavy atom. The van der Waals surface area contributed by atoms with E-state index in [-0.39, 0.29) is 11.5 Å². The number of nitrogens with zero attached hydrogens (tertiary/aromatic N) is 2. The van der Waals surface area contributed by atoms with Crippen LogP contribution >= 0.6 is 0 Å². The summed E-state index contributed by atoms with van der Waals surface area (Å²) in [6.45, 7) is 0. The molecule has 108 valence electrons. The van der Waals surface area contributed by atoms with Crippen molar-refractivity contribution in [2.24, 2.45) is 9.98 Å². The van der Waals surface area contributed by atoms with Crippen LogP contribution in [0.2, 0.25) is 0 Å². The number of para-hydroxylation sites is 2. The van der Waals surface area contributed by atoms with Crippen molar-refractivity contribution in [3.05, 3.63) is 76.6 Å². The fourth-order valence-electron chi connectivity index (χ4n) is 2.05. The fourth-order valence-corrected chi connectivity index (χ4v) is 2.05. The summed E-state index contributed by atoms with van der Waals surface area (Å²) in [5, 5.41) is 1.09. The van der Waals surface area contributed by atoms with E-state index in [1.165, 1.54) is 6.08 Å². The lowest BCUT2D eigenvalue weighted by molar-refractivity contribution is -0.114. The van der Waals surface area contributed by atoms with E-state index in [0.29, 0.717) is 22.0 Å². The molecular weight excluding hydrogens is 280 g/mol. The van der Waals surface area contributed by atoms with Crippen molar-refractivity contribution in [2.45, 2.75) is 0 Å². The van der Waals surface area contributed by atoms with Crippen LogP contribution in [-0.4, -0.2) is 18.8 Å². The predicted molar refractivity (Wildman–Crippen MR) is 79.2 cm³/mol. The SMILES string of the molecule is COc1ccc(C(=O)C=C2N=c3ccccc3=NC2=O)cc1. The summed E-state index contributed by atoms with van der Waals surface area (Å²) in [7, 11) is 1.55. The molecule has 2 aromatic rings. The Morgan fingerprint density at radius 1 is 1.00 bits per heavy atom. The summed E-state index contributed by atoms with van der Waals surface area (Å²) in [6.07, 6.45) is 1.21. The van der Waals surface area contributed by atoms with Crippen LogP contribution in [-0.2, 0) is 4.79 Å². The van der Waals surface area contributed by atoms with Crippen LogP contribution in [0.1, 0.15) is 10.4 Å². The Labute approximate surface area is 126 Å². The number of carbonyl (C=O) groups excluding carboxylic acids is 2. The van der Waals surface area contributed by atoms with Crippen LogP contribution in [0.4, 0.5) is 0 Å². The molecule has 1 aliphatic rings. The molecule has 0 aromatic heterocycles. The lowest BCUT2D eigenvalue weighted by atomic mass is 10.1. The van der Waals surface area contributed by atoms with Crippen molar-refractivity contribution in [1.29, 1.82) is 0 Å². The fraction of sp³-hybridized carbons (Fsp3) is 0.0588. The Bertz CT molecular complexity index is 896. The first-order chi connectivity index (χ1) is 10.7. The van der Waals surface area contributed by atoms with E-state index >= 15 is 0 Å². The van der Waals surface area contributed by atoms with Gasteiger partial charge in [0.15, 0.2) is 5.78 Å². The van der Waals surface area contributed by atoms with Gasteiger partial charge in [0.1, 0.15) is 11.4 Å². The molecule has 0 aliphatic carbocycles. The minimum absolute atomic E-state index is 0.0412. The van der Waals surface area contributed by atoms with Gasteiger partial charge in [0, 0.05) is 11.6 Å². The molecule has 5 nitrogen and oxygen atoms in total. The number of methoxy groups -OCH3 is 1. The molecule has 0 N–H and O–H groups in total. The molecule has 0 bridgehead atoms. The maximum absolute atomic E-state index is 12.2. The number of allylic oxidation sites excluding steroid dienone is 1. The first kappa shape index (κ1) is 13.9. The van der Waals surface area contributed by atoms with E-state index in [1.54, 1.807) is 55.6 Å². The van der Waals surface area contributed by atoms with E-state index < -0.39 is 5.91 Å². The van der Waals surface area contributed by atoms with Crippen molar-refractivity contribution in [2.75, 3.05) is 7.11 Å². The van der Waals surface area contributed by atoms with Gasteiger partial charge in [0.05, 0.1) is 17.8 Å². The molecule has 3 rings (SSSR count). The third-order valence-electron chi connectivity index (χ3n) is 3.21. The number of fused-ring (bicyclic) bond motifs is 1. The van der Waals surface area contributed by atoms with Gasteiger partial charge in [0.25, 0.3) is 5.91 Å². The molecule has 0 saturated heterocycles. The topological polar surface area (TPSA) is 68.1 Å². The van der Waals surface area contributed by atoms with Crippen LogP contribution in [0.15, 0.2) is 70.3 Å². The minimum atomic E-state index is -0.513. The van der Waals surface area contributed by atoms with Crippen molar-refractivity contribution in [3.63, 3.8) is 0 Å². The van der Waals surface area contributed by atoms with Crippen LogP contribution in [0.3, 0.4) is 0 Å². The summed E-state index contributed by atoms with van der Waals surface area (Å²) < 4.78 is 5.04. The second kappa shape index (κ2) is 5.73. The summed E-state index contributed by atoms with van der Waals surface area (Å²) in [6, 6.07) is 13.7. The van der Waals surface area contributed by atoms with Gasteiger partial charge in [-0.15, -0.1) is 0 Å². The van der Waals surface area contributed by atoms with Gasteiger partial charge in [-0.2, -0.15) is 0 Å². The van der Waals surface area contributed by atoms with Gasteiger partial charge in [-0.25, -0.2) is 9.98 Å². The lowest BCUT2D eigenvalue weighted by Crippen LogP contribution is -2.30. The van der Waals surface area contributed by atoms with Gasteiger partial charge < -0.3 is 4.74 Å². The summed E-state index contributed by atoms with van der Waals surface area (Å²) >= 11 is 0. The molecular formula is C17H12N2O3. The monoisotopic (exact) mass is 292 g/mol. The Morgan fingerprint density at radius 3 is 2.27 bits per heavy atom. The molecule has 0 saturated carbocycles. The van der Waals surface area contributed by atoms with Gasteiger partial charge in [-0.1, -0.05) is 12.1 Å². The number of hydrogen-bond acceptors (Lipinski definition) is 4. The average Bonchev–Trinajstić information content (AvgIpc) is 2.55. The molecule has 2 aromatic carbocycles. The molecule has 1 heterocycles. The van der Waals surface area contributed by atoms with Gasteiger partial charge in [-0.3, -0.25) is 9.59 Å². The summed E-state index contributed by atoms with van der Waals surface area (Å²) in [5.74, 6) is -0.156. The zero-order valence-corrected chi connectivity index (χ0v) is 11.8. The third-order valence-corrected chi connectivity index (χ3v) is 3.21. The molecule has 22 heavy (non-hydrogen) atoms. The van der Waals surface area contributed by atoms with E-state index in [4.69, 9.17) is 4.74 Å². The van der Waals surface area contributed by atoms with Crippen LogP contribution in [0, 0.1) is 0 Å². The number of benzene rings is 2. The van der Waals surface area contributed by atoms with Gasteiger partial charge in [0.2, 0.25) is 0 Å². The molecule has 1 aliphatic heterocycles. The Kier molecular flexibility index (Phi) is 3.62. The zero-order chi connectivity index (χ0) is 15.5. The second-order valence-electron chi connectivity index (χ2n) is 4.64. The highest BCUT2D eigenvalue weighted by Gasteiger charge is 2.14. The minimum Gasteiger partial charge on any atom is -0.497 e. The Balaban J connectivity index is 1.96. The molecule has 0 spiro atoms. The molecule has 1 amide bonds. The average molecular weight is 292 g/mol. The highest BCUT2D eigenvalue weighted by atomic mass is 16.5. The summed E-state index contributed by atoms with van der Waals surface area (Å²) in [5.41, 5.74) is 0.495. The summed E-state index contributed by atoms with van der Waals surface area (Å²) in [4.78, 5) is 32.2. The largest absolute Gasteiger partial charge is 0.497 e. The van der Waals surface area contributed by atoms with Gasteiger partial charge in [-0.05, 0) is 36.4 Å². The van der Waals surface area contributed by atoms with E-state index in [1.807, 2.05) is 0 Å². The second-order valence-corrected chi connectivity index (χ2v) is 4.64. The third kappa shape index (κ3) is 2.69. The van der Waals surface area contributed by atoms with E-state index in [0.717, 1.165) is 0 Å². The normalized spacial score (nSPS) is 14.8. The van der Waals surface area contributed by atoms with Crippen LogP contribution in [0.25, 0.3) is 0 Å². The van der Waals surface area contributed by atoms with Gasteiger partial charge >= 0.3 is 0 Å². The Hall–Kier alpha value is -3.08. The predicted octanol–water partition coefficient (Wildman–Crippen LogP) is 1.24. The molecule has 0 radical (unpaired) electrons. The van der Waals surface area contributed by atoms with Crippen molar-refractivity contribution >= 4 is 11.7 Å².